The van der Waals surface area contributed by atoms with Crippen LogP contribution in [0.25, 0.3) is 0 Å². The first-order valence-electron chi connectivity index (χ1n) is 7.60. The number of halogens is 1. The second-order valence-electron chi connectivity index (χ2n) is 5.56. The lowest BCUT2D eigenvalue weighted by atomic mass is 10.2. The van der Waals surface area contributed by atoms with Crippen molar-refractivity contribution in [2.24, 2.45) is 0 Å². The normalized spacial score (nSPS) is 10.5. The second-order valence-corrected chi connectivity index (χ2v) is 6.00. The van der Waals surface area contributed by atoms with Gasteiger partial charge in [0.15, 0.2) is 5.82 Å². The fraction of sp³-hybridized carbons (Fsp3) is 0.167. The smallest absolute Gasteiger partial charge is 0.249 e. The van der Waals surface area contributed by atoms with Gasteiger partial charge >= 0.3 is 0 Å². The van der Waals surface area contributed by atoms with Gasteiger partial charge in [0.05, 0.1) is 6.20 Å². The van der Waals surface area contributed by atoms with E-state index in [1.165, 1.54) is 5.56 Å². The third kappa shape index (κ3) is 4.00. The molecule has 0 spiro atoms. The van der Waals surface area contributed by atoms with Crippen molar-refractivity contribution in [3.8, 4) is 0 Å². The third-order valence-corrected chi connectivity index (χ3v) is 3.88. The summed E-state index contributed by atoms with van der Waals surface area (Å²) >= 11 is 6.05. The number of anilines is 3. The number of benzene rings is 2. The molecule has 0 aliphatic heterocycles. The predicted molar refractivity (Wildman–Crippen MR) is 97.8 cm³/mol. The Bertz CT molecular complexity index is 823. The number of hydrogen-bond acceptors (Lipinski definition) is 5. The van der Waals surface area contributed by atoms with Gasteiger partial charge in [0.2, 0.25) is 5.95 Å². The third-order valence-electron chi connectivity index (χ3n) is 3.65. The Morgan fingerprint density at radius 1 is 1.12 bits per heavy atom. The minimum absolute atomic E-state index is 0.442. The maximum atomic E-state index is 6.05. The molecule has 0 saturated heterocycles. The Kier molecular flexibility index (Phi) is 4.91. The van der Waals surface area contributed by atoms with Gasteiger partial charge in [0.25, 0.3) is 0 Å². The Morgan fingerprint density at radius 2 is 1.92 bits per heavy atom. The lowest BCUT2D eigenvalue weighted by Gasteiger charge is -2.18. The molecule has 1 aromatic heterocycles. The van der Waals surface area contributed by atoms with Crippen molar-refractivity contribution in [2.45, 2.75) is 13.5 Å². The van der Waals surface area contributed by atoms with E-state index >= 15 is 0 Å². The Labute approximate surface area is 146 Å². The summed E-state index contributed by atoms with van der Waals surface area (Å²) in [5.74, 6) is 1.19. The van der Waals surface area contributed by atoms with Crippen molar-refractivity contribution in [1.29, 1.82) is 0 Å². The van der Waals surface area contributed by atoms with E-state index in [9.17, 15) is 0 Å². The average Bonchev–Trinajstić information content (AvgIpc) is 2.59. The van der Waals surface area contributed by atoms with Crippen LogP contribution in [-0.4, -0.2) is 22.2 Å². The first-order chi connectivity index (χ1) is 11.6. The van der Waals surface area contributed by atoms with Gasteiger partial charge in [-0.15, -0.1) is 5.10 Å². The summed E-state index contributed by atoms with van der Waals surface area (Å²) in [7, 11) is 1.98. The van der Waals surface area contributed by atoms with Gasteiger partial charge in [-0.1, -0.05) is 48.0 Å². The Balaban J connectivity index is 1.77. The zero-order chi connectivity index (χ0) is 16.9. The van der Waals surface area contributed by atoms with Crippen LogP contribution in [0.4, 0.5) is 17.5 Å². The summed E-state index contributed by atoms with van der Waals surface area (Å²) in [6.07, 6.45) is 1.65. The van der Waals surface area contributed by atoms with Crippen LogP contribution in [0.3, 0.4) is 0 Å². The summed E-state index contributed by atoms with van der Waals surface area (Å²) in [5, 5.41) is 11.9. The van der Waals surface area contributed by atoms with Crippen molar-refractivity contribution in [3.63, 3.8) is 0 Å². The van der Waals surface area contributed by atoms with Crippen molar-refractivity contribution in [1.82, 2.24) is 15.2 Å². The highest BCUT2D eigenvalue weighted by atomic mass is 35.5. The summed E-state index contributed by atoms with van der Waals surface area (Å²) in [4.78, 5) is 6.56. The van der Waals surface area contributed by atoms with Crippen LogP contribution in [0.1, 0.15) is 11.1 Å². The van der Waals surface area contributed by atoms with E-state index in [2.05, 4.69) is 32.6 Å². The number of rotatable bonds is 5. The van der Waals surface area contributed by atoms with Crippen molar-refractivity contribution in [3.05, 3.63) is 70.9 Å². The van der Waals surface area contributed by atoms with E-state index < -0.39 is 0 Å². The van der Waals surface area contributed by atoms with Crippen LogP contribution in [-0.2, 0) is 6.54 Å². The summed E-state index contributed by atoms with van der Waals surface area (Å²) in [5.41, 5.74) is 3.14. The molecule has 0 aliphatic rings. The van der Waals surface area contributed by atoms with Crippen LogP contribution in [0.15, 0.2) is 54.7 Å². The zero-order valence-electron chi connectivity index (χ0n) is 13.6. The van der Waals surface area contributed by atoms with Gasteiger partial charge in [-0.2, -0.15) is 10.1 Å². The molecule has 0 saturated carbocycles. The molecule has 0 amide bonds. The fourth-order valence-corrected chi connectivity index (χ4v) is 2.49. The van der Waals surface area contributed by atoms with Crippen molar-refractivity contribution in [2.75, 3.05) is 17.3 Å². The first kappa shape index (κ1) is 16.2. The highest BCUT2D eigenvalue weighted by Crippen LogP contribution is 2.23. The van der Waals surface area contributed by atoms with Gasteiger partial charge in [0, 0.05) is 24.3 Å². The van der Waals surface area contributed by atoms with E-state index in [0.717, 1.165) is 23.6 Å². The van der Waals surface area contributed by atoms with E-state index in [4.69, 9.17) is 11.6 Å². The molecule has 2 aromatic carbocycles. The fourth-order valence-electron chi connectivity index (χ4n) is 2.32. The molecule has 24 heavy (non-hydrogen) atoms. The van der Waals surface area contributed by atoms with Crippen LogP contribution >= 0.6 is 11.6 Å². The molecule has 1 N–H and O–H groups in total. The summed E-state index contributed by atoms with van der Waals surface area (Å²) in [6, 6.07) is 15.9. The van der Waals surface area contributed by atoms with E-state index in [1.807, 2.05) is 55.3 Å². The summed E-state index contributed by atoms with van der Waals surface area (Å²) < 4.78 is 0. The van der Waals surface area contributed by atoms with Crippen molar-refractivity contribution < 1.29 is 0 Å². The molecule has 0 fully saturated rings. The number of nitrogens with zero attached hydrogens (tertiary/aromatic N) is 4. The quantitative estimate of drug-likeness (QED) is 0.754. The SMILES string of the molecule is Cc1ccc(Cl)cc1Nc1nncc(N(C)Cc2ccccc2)n1. The van der Waals surface area contributed by atoms with Gasteiger partial charge in [-0.3, -0.25) is 0 Å². The zero-order valence-corrected chi connectivity index (χ0v) is 14.3. The van der Waals surface area contributed by atoms with Crippen LogP contribution in [0.2, 0.25) is 5.02 Å². The molecule has 3 rings (SSSR count). The highest BCUT2D eigenvalue weighted by Gasteiger charge is 2.08. The molecule has 0 atom stereocenters. The average molecular weight is 340 g/mol. The van der Waals surface area contributed by atoms with Crippen LogP contribution in [0.5, 0.6) is 0 Å². The van der Waals surface area contributed by atoms with E-state index in [-0.39, 0.29) is 0 Å². The number of aromatic nitrogens is 3. The van der Waals surface area contributed by atoms with Gasteiger partial charge in [0.1, 0.15) is 0 Å². The Hall–Kier alpha value is -2.66. The maximum Gasteiger partial charge on any atom is 0.249 e. The molecule has 0 unspecified atom stereocenters. The van der Waals surface area contributed by atoms with E-state index in [1.54, 1.807) is 6.20 Å². The molecule has 1 heterocycles. The number of hydrogen-bond donors (Lipinski definition) is 1. The van der Waals surface area contributed by atoms with Crippen LogP contribution < -0.4 is 10.2 Å². The minimum atomic E-state index is 0.442. The van der Waals surface area contributed by atoms with Crippen molar-refractivity contribution >= 4 is 29.1 Å². The molecule has 0 radical (unpaired) electrons. The number of nitrogens with one attached hydrogen (secondary N) is 1. The van der Waals surface area contributed by atoms with E-state index in [0.29, 0.717) is 11.0 Å². The lowest BCUT2D eigenvalue weighted by Crippen LogP contribution is -2.18. The number of aryl methyl sites for hydroxylation is 1. The lowest BCUT2D eigenvalue weighted by molar-refractivity contribution is 0.866. The minimum Gasteiger partial charge on any atom is -0.354 e. The molecule has 6 heteroatoms. The molecular weight excluding hydrogens is 322 g/mol. The summed E-state index contributed by atoms with van der Waals surface area (Å²) in [6.45, 7) is 2.74. The Morgan fingerprint density at radius 3 is 2.71 bits per heavy atom. The second kappa shape index (κ2) is 7.27. The molecule has 3 aromatic rings. The molecular formula is C18H18ClN5. The monoisotopic (exact) mass is 339 g/mol. The maximum absolute atomic E-state index is 6.05. The van der Waals surface area contributed by atoms with Crippen LogP contribution in [0, 0.1) is 6.92 Å². The highest BCUT2D eigenvalue weighted by molar-refractivity contribution is 6.30. The topological polar surface area (TPSA) is 53.9 Å². The molecule has 0 bridgehead atoms. The molecule has 122 valence electrons. The predicted octanol–water partition coefficient (Wildman–Crippen LogP) is 4.21. The van der Waals surface area contributed by atoms with Gasteiger partial charge < -0.3 is 10.2 Å². The molecule has 0 aliphatic carbocycles. The van der Waals surface area contributed by atoms with Gasteiger partial charge in [-0.25, -0.2) is 0 Å². The molecule has 5 nitrogen and oxygen atoms in total. The standard InChI is InChI=1S/C18H18ClN5/c1-13-8-9-15(19)10-16(13)21-18-22-17(11-20-23-18)24(2)12-14-6-4-3-5-7-14/h3-11H,12H2,1-2H3,(H,21,22,23). The first-order valence-corrected chi connectivity index (χ1v) is 7.97. The van der Waals surface area contributed by atoms with Gasteiger partial charge in [-0.05, 0) is 30.2 Å². The largest absolute Gasteiger partial charge is 0.354 e.